The van der Waals surface area contributed by atoms with E-state index in [1.165, 1.54) is 0 Å². The van der Waals surface area contributed by atoms with Gasteiger partial charge in [-0.2, -0.15) is 0 Å². The van der Waals surface area contributed by atoms with Crippen molar-refractivity contribution in [3.05, 3.63) is 84.7 Å². The van der Waals surface area contributed by atoms with E-state index in [1.54, 1.807) is 12.4 Å². The highest BCUT2D eigenvalue weighted by molar-refractivity contribution is 5.83. The lowest BCUT2D eigenvalue weighted by molar-refractivity contribution is -0.156. The average Bonchev–Trinajstić information content (AvgIpc) is 3.24. The number of ether oxygens (including phenoxy) is 1. The number of rotatable bonds is 10. The van der Waals surface area contributed by atoms with E-state index < -0.39 is 11.6 Å². The van der Waals surface area contributed by atoms with E-state index in [4.69, 9.17) is 9.15 Å². The quantitative estimate of drug-likeness (QED) is 0.291. The van der Waals surface area contributed by atoms with Gasteiger partial charge in [0.05, 0.1) is 0 Å². The number of aliphatic carboxylic acids is 1. The molecule has 2 aromatic heterocycles. The lowest BCUT2D eigenvalue weighted by Gasteiger charge is -2.31. The molecule has 1 unspecified atom stereocenters. The van der Waals surface area contributed by atoms with Gasteiger partial charge in [-0.1, -0.05) is 44.0 Å². The fraction of sp³-hybridized carbons (Fsp3) is 0.259. The van der Waals surface area contributed by atoms with Crippen LogP contribution in [0.1, 0.15) is 38.2 Å². The van der Waals surface area contributed by atoms with Crippen molar-refractivity contribution in [1.82, 2.24) is 4.98 Å². The molecule has 0 amide bonds. The molecule has 0 saturated carbocycles. The number of hydrogen-bond acceptors (Lipinski definition) is 4. The monoisotopic (exact) mass is 429 g/mol. The van der Waals surface area contributed by atoms with Gasteiger partial charge in [-0.25, -0.2) is 4.79 Å². The molecule has 0 saturated heterocycles. The van der Waals surface area contributed by atoms with Crippen molar-refractivity contribution in [1.29, 1.82) is 0 Å². The van der Waals surface area contributed by atoms with Crippen molar-refractivity contribution in [2.75, 3.05) is 0 Å². The van der Waals surface area contributed by atoms with Crippen LogP contribution in [-0.2, 0) is 11.2 Å². The van der Waals surface area contributed by atoms with Crippen LogP contribution in [0.15, 0.2) is 83.5 Å². The number of carbonyl (C=O) groups is 1. The van der Waals surface area contributed by atoms with Gasteiger partial charge in [0.25, 0.3) is 0 Å². The minimum atomic E-state index is -1.35. The number of benzene rings is 2. The molecule has 4 aromatic rings. The molecule has 1 N–H and O–H groups in total. The molecule has 0 radical (unpaired) electrons. The molecule has 164 valence electrons. The maximum atomic E-state index is 12.5. The molecule has 4 rings (SSSR count). The van der Waals surface area contributed by atoms with E-state index in [-0.39, 0.29) is 6.42 Å². The molecule has 2 aromatic carbocycles. The largest absolute Gasteiger partial charge is 0.478 e. The zero-order valence-corrected chi connectivity index (χ0v) is 18.2. The van der Waals surface area contributed by atoms with Crippen molar-refractivity contribution in [3.63, 3.8) is 0 Å². The molecule has 32 heavy (non-hydrogen) atoms. The second-order valence-electron chi connectivity index (χ2n) is 8.07. The predicted octanol–water partition coefficient (Wildman–Crippen LogP) is 6.52. The summed E-state index contributed by atoms with van der Waals surface area (Å²) in [4.78, 5) is 16.6. The number of hydrogen-bond donors (Lipinski definition) is 1. The van der Waals surface area contributed by atoms with Crippen molar-refractivity contribution < 1.29 is 19.1 Å². The van der Waals surface area contributed by atoms with Crippen LogP contribution in [0.25, 0.3) is 22.3 Å². The first-order chi connectivity index (χ1) is 15.6. The van der Waals surface area contributed by atoms with Gasteiger partial charge in [0.15, 0.2) is 0 Å². The van der Waals surface area contributed by atoms with Crippen molar-refractivity contribution in [3.8, 4) is 17.1 Å². The van der Waals surface area contributed by atoms with E-state index in [0.29, 0.717) is 12.2 Å². The number of aromatic nitrogens is 1. The Labute approximate surface area is 187 Å². The van der Waals surface area contributed by atoms with Crippen molar-refractivity contribution in [2.45, 2.75) is 44.6 Å². The number of carboxylic acid groups (broad SMARTS) is 1. The second kappa shape index (κ2) is 9.69. The molecule has 0 spiro atoms. The fourth-order valence-corrected chi connectivity index (χ4v) is 3.93. The smallest absolute Gasteiger partial charge is 0.348 e. The third-order valence-corrected chi connectivity index (χ3v) is 5.66. The van der Waals surface area contributed by atoms with E-state index in [0.717, 1.165) is 47.1 Å². The molecule has 0 aliphatic heterocycles. The van der Waals surface area contributed by atoms with Crippen LogP contribution in [-0.4, -0.2) is 21.7 Å². The molecule has 0 aliphatic rings. The zero-order valence-electron chi connectivity index (χ0n) is 18.2. The van der Waals surface area contributed by atoms with E-state index in [1.807, 2.05) is 66.7 Å². The lowest BCUT2D eigenvalue weighted by atomic mass is 9.89. The number of unbranched alkanes of at least 4 members (excludes halogenated alkanes) is 2. The molecule has 0 aliphatic carbocycles. The molecular weight excluding hydrogens is 402 g/mol. The topological polar surface area (TPSA) is 72.6 Å². The predicted molar refractivity (Wildman–Crippen MR) is 125 cm³/mol. The lowest BCUT2D eigenvalue weighted by Crippen LogP contribution is -2.46. The normalized spacial score (nSPS) is 13.0. The minimum Gasteiger partial charge on any atom is -0.478 e. The Hall–Kier alpha value is -3.60. The van der Waals surface area contributed by atoms with Crippen LogP contribution in [0.5, 0.6) is 5.75 Å². The van der Waals surface area contributed by atoms with Gasteiger partial charge < -0.3 is 14.3 Å². The third kappa shape index (κ3) is 4.83. The van der Waals surface area contributed by atoms with Gasteiger partial charge in [0.2, 0.25) is 5.60 Å². The van der Waals surface area contributed by atoms with E-state index in [2.05, 4.69) is 11.9 Å². The Bertz CT molecular complexity index is 1130. The van der Waals surface area contributed by atoms with Gasteiger partial charge in [-0.3, -0.25) is 4.98 Å². The zero-order chi connectivity index (χ0) is 22.4. The first-order valence-corrected chi connectivity index (χ1v) is 11.0. The Morgan fingerprint density at radius 1 is 1.06 bits per heavy atom. The Morgan fingerprint density at radius 3 is 2.56 bits per heavy atom. The first kappa shape index (κ1) is 21.6. The van der Waals surface area contributed by atoms with Gasteiger partial charge in [0.1, 0.15) is 17.1 Å². The van der Waals surface area contributed by atoms with Crippen LogP contribution in [0.2, 0.25) is 0 Å². The minimum absolute atomic E-state index is 0.255. The molecule has 2 heterocycles. The van der Waals surface area contributed by atoms with Gasteiger partial charge in [-0.15, -0.1) is 0 Å². The number of nitrogens with zero attached hydrogens (tertiary/aromatic N) is 1. The van der Waals surface area contributed by atoms with Crippen LogP contribution < -0.4 is 4.74 Å². The highest BCUT2D eigenvalue weighted by Gasteiger charge is 2.41. The Morgan fingerprint density at radius 2 is 1.88 bits per heavy atom. The number of furan rings is 1. The van der Waals surface area contributed by atoms with Gasteiger partial charge in [0, 0.05) is 29.8 Å². The first-order valence-electron chi connectivity index (χ1n) is 11.0. The maximum absolute atomic E-state index is 12.5. The average molecular weight is 430 g/mol. The number of para-hydroxylation sites is 1. The maximum Gasteiger partial charge on any atom is 0.348 e. The second-order valence-corrected chi connectivity index (χ2v) is 8.07. The van der Waals surface area contributed by atoms with E-state index >= 15 is 0 Å². The molecule has 0 fully saturated rings. The molecule has 0 bridgehead atoms. The summed E-state index contributed by atoms with van der Waals surface area (Å²) in [6, 6.07) is 21.0. The van der Waals surface area contributed by atoms with Gasteiger partial charge >= 0.3 is 5.97 Å². The molecule has 5 nitrogen and oxygen atoms in total. The standard InChI is InChI=1S/C27H27NO4/c1-2-3-6-15-27(26(29)30,18-20-8-7-16-28-19-20)32-23-13-11-21(12-14-23)25-17-22-9-4-5-10-24(22)31-25/h4-5,7-14,16-17,19H,2-3,6,15,18H2,1H3,(H,29,30). The van der Waals surface area contributed by atoms with Crippen LogP contribution in [0.4, 0.5) is 0 Å². The highest BCUT2D eigenvalue weighted by atomic mass is 16.5. The summed E-state index contributed by atoms with van der Waals surface area (Å²) in [5, 5.41) is 11.2. The summed E-state index contributed by atoms with van der Waals surface area (Å²) in [5.74, 6) is 0.326. The summed E-state index contributed by atoms with van der Waals surface area (Å²) in [5.41, 5.74) is 1.23. The summed E-state index contributed by atoms with van der Waals surface area (Å²) in [6.45, 7) is 2.10. The highest BCUT2D eigenvalue weighted by Crippen LogP contribution is 2.32. The van der Waals surface area contributed by atoms with E-state index in [9.17, 15) is 9.90 Å². The summed E-state index contributed by atoms with van der Waals surface area (Å²) >= 11 is 0. The number of carboxylic acids is 1. The molecule has 1 atom stereocenters. The number of pyridine rings is 1. The number of fused-ring (bicyclic) bond motifs is 1. The van der Waals surface area contributed by atoms with Crippen LogP contribution in [0.3, 0.4) is 0 Å². The van der Waals surface area contributed by atoms with Gasteiger partial charge in [-0.05, 0) is 60.9 Å². The Balaban J connectivity index is 1.59. The third-order valence-electron chi connectivity index (χ3n) is 5.66. The van der Waals surface area contributed by atoms with Crippen LogP contribution in [0, 0.1) is 0 Å². The summed E-state index contributed by atoms with van der Waals surface area (Å²) in [7, 11) is 0. The molecular formula is C27H27NO4. The van der Waals surface area contributed by atoms with Crippen molar-refractivity contribution in [2.24, 2.45) is 0 Å². The van der Waals surface area contributed by atoms with Crippen molar-refractivity contribution >= 4 is 16.9 Å². The SMILES string of the molecule is CCCCCC(Cc1cccnc1)(Oc1ccc(-c2cc3ccccc3o2)cc1)C(=O)O. The fourth-order valence-electron chi connectivity index (χ4n) is 3.93. The van der Waals surface area contributed by atoms with Crippen LogP contribution >= 0.6 is 0 Å². The molecule has 5 heteroatoms. The summed E-state index contributed by atoms with van der Waals surface area (Å²) in [6.07, 6.45) is 6.80. The Kier molecular flexibility index (Phi) is 6.55. The summed E-state index contributed by atoms with van der Waals surface area (Å²) < 4.78 is 12.1.